The number of carboxylic acids is 1. The Bertz CT molecular complexity index is 590. The van der Waals surface area contributed by atoms with Gasteiger partial charge < -0.3 is 9.84 Å². The number of aliphatic carboxylic acids is 1. The molecular formula is C14H19NO5S. The minimum atomic E-state index is -3.56. The second kappa shape index (κ2) is 6.55. The maximum absolute atomic E-state index is 12.2. The van der Waals surface area contributed by atoms with Crippen LogP contribution in [-0.4, -0.2) is 38.2 Å². The van der Waals surface area contributed by atoms with E-state index in [-0.39, 0.29) is 23.5 Å². The smallest absolute Gasteiger partial charge is 0.307 e. The van der Waals surface area contributed by atoms with Crippen LogP contribution in [0.4, 0.5) is 0 Å². The zero-order chi connectivity index (χ0) is 15.5. The molecule has 7 heteroatoms. The van der Waals surface area contributed by atoms with E-state index in [2.05, 4.69) is 4.72 Å². The third-order valence-corrected chi connectivity index (χ3v) is 4.94. The van der Waals surface area contributed by atoms with Gasteiger partial charge in [0.1, 0.15) is 0 Å². The van der Waals surface area contributed by atoms with E-state index in [0.29, 0.717) is 25.0 Å². The summed E-state index contributed by atoms with van der Waals surface area (Å²) in [4.78, 5) is 10.7. The fourth-order valence-corrected chi connectivity index (χ4v) is 3.54. The highest BCUT2D eigenvalue weighted by molar-refractivity contribution is 7.89. The number of hydrogen-bond donors (Lipinski definition) is 2. The van der Waals surface area contributed by atoms with Crippen LogP contribution in [0.15, 0.2) is 29.2 Å². The molecule has 21 heavy (non-hydrogen) atoms. The van der Waals surface area contributed by atoms with Gasteiger partial charge in [0.25, 0.3) is 0 Å². The van der Waals surface area contributed by atoms with Crippen LogP contribution in [0.1, 0.15) is 25.3 Å². The van der Waals surface area contributed by atoms with Gasteiger partial charge in [-0.2, -0.15) is 0 Å². The van der Waals surface area contributed by atoms with Crippen LogP contribution >= 0.6 is 0 Å². The number of hydrogen-bond acceptors (Lipinski definition) is 4. The quantitative estimate of drug-likeness (QED) is 0.788. The topological polar surface area (TPSA) is 92.7 Å². The van der Waals surface area contributed by atoms with Gasteiger partial charge >= 0.3 is 5.97 Å². The van der Waals surface area contributed by atoms with Crippen molar-refractivity contribution in [1.29, 1.82) is 0 Å². The zero-order valence-corrected chi connectivity index (χ0v) is 12.6. The third kappa shape index (κ3) is 4.26. The van der Waals surface area contributed by atoms with Crippen molar-refractivity contribution in [3.63, 3.8) is 0 Å². The van der Waals surface area contributed by atoms with Crippen molar-refractivity contribution >= 4 is 16.0 Å². The lowest BCUT2D eigenvalue weighted by Crippen LogP contribution is -2.47. The van der Waals surface area contributed by atoms with Crippen molar-refractivity contribution in [3.05, 3.63) is 29.8 Å². The molecule has 1 aliphatic carbocycles. The Hall–Kier alpha value is -1.44. The van der Waals surface area contributed by atoms with E-state index in [1.165, 1.54) is 24.3 Å². The van der Waals surface area contributed by atoms with E-state index in [1.807, 2.05) is 6.92 Å². The Balaban J connectivity index is 1.95. The molecular weight excluding hydrogens is 294 g/mol. The Morgan fingerprint density at radius 2 is 1.95 bits per heavy atom. The SMILES string of the molecule is CCOC1CC(NS(=O)(=O)c2ccc(CC(=O)O)cc2)C1. The monoisotopic (exact) mass is 313 g/mol. The van der Waals surface area contributed by atoms with Crippen molar-refractivity contribution in [2.24, 2.45) is 0 Å². The maximum Gasteiger partial charge on any atom is 0.307 e. The Kier molecular flexibility index (Phi) is 4.97. The average molecular weight is 313 g/mol. The first kappa shape index (κ1) is 15.9. The molecule has 0 bridgehead atoms. The molecule has 6 nitrogen and oxygen atoms in total. The number of carbonyl (C=O) groups is 1. The molecule has 1 aliphatic rings. The Morgan fingerprint density at radius 3 is 2.48 bits per heavy atom. The van der Waals surface area contributed by atoms with Gasteiger partial charge in [-0.1, -0.05) is 12.1 Å². The maximum atomic E-state index is 12.2. The molecule has 0 aromatic heterocycles. The highest BCUT2D eigenvalue weighted by Gasteiger charge is 2.33. The van der Waals surface area contributed by atoms with E-state index in [9.17, 15) is 13.2 Å². The molecule has 2 N–H and O–H groups in total. The summed E-state index contributed by atoms with van der Waals surface area (Å²) in [6, 6.07) is 5.81. The number of rotatable bonds is 7. The highest BCUT2D eigenvalue weighted by atomic mass is 32.2. The minimum absolute atomic E-state index is 0.0924. The minimum Gasteiger partial charge on any atom is -0.481 e. The molecule has 0 amide bonds. The lowest BCUT2D eigenvalue weighted by Gasteiger charge is -2.35. The van der Waals surface area contributed by atoms with Gasteiger partial charge in [0.15, 0.2) is 0 Å². The molecule has 0 atom stereocenters. The number of sulfonamides is 1. The van der Waals surface area contributed by atoms with Crippen molar-refractivity contribution in [3.8, 4) is 0 Å². The third-order valence-electron chi connectivity index (χ3n) is 3.41. The van der Waals surface area contributed by atoms with Gasteiger partial charge in [-0.25, -0.2) is 13.1 Å². The summed E-state index contributed by atoms with van der Waals surface area (Å²) in [6.45, 7) is 2.55. The van der Waals surface area contributed by atoms with Crippen LogP contribution in [-0.2, 0) is 26.0 Å². The summed E-state index contributed by atoms with van der Waals surface area (Å²) in [7, 11) is -3.56. The van der Waals surface area contributed by atoms with Gasteiger partial charge in [-0.05, 0) is 37.5 Å². The molecule has 1 saturated carbocycles. The first-order valence-corrected chi connectivity index (χ1v) is 8.33. The summed E-state index contributed by atoms with van der Waals surface area (Å²) in [6.07, 6.45) is 1.39. The summed E-state index contributed by atoms with van der Waals surface area (Å²) in [5, 5.41) is 8.68. The molecule has 116 valence electrons. The van der Waals surface area contributed by atoms with E-state index >= 15 is 0 Å². The van der Waals surface area contributed by atoms with Gasteiger partial charge in [0.2, 0.25) is 10.0 Å². The van der Waals surface area contributed by atoms with Crippen molar-refractivity contribution in [2.45, 2.75) is 43.2 Å². The molecule has 1 fully saturated rings. The molecule has 0 spiro atoms. The fourth-order valence-electron chi connectivity index (χ4n) is 2.28. The van der Waals surface area contributed by atoms with Crippen LogP contribution in [0.25, 0.3) is 0 Å². The van der Waals surface area contributed by atoms with E-state index in [0.717, 1.165) is 0 Å². The first-order valence-electron chi connectivity index (χ1n) is 6.85. The lowest BCUT2D eigenvalue weighted by molar-refractivity contribution is -0.136. The normalized spacial score (nSPS) is 21.8. The van der Waals surface area contributed by atoms with Crippen LogP contribution in [0, 0.1) is 0 Å². The lowest BCUT2D eigenvalue weighted by atomic mass is 9.90. The molecule has 0 unspecified atom stereocenters. The number of ether oxygens (including phenoxy) is 1. The van der Waals surface area contributed by atoms with Crippen LogP contribution in [0.5, 0.6) is 0 Å². The summed E-state index contributed by atoms with van der Waals surface area (Å²) in [5.74, 6) is -0.944. The van der Waals surface area contributed by atoms with Crippen LogP contribution < -0.4 is 4.72 Å². The van der Waals surface area contributed by atoms with Gasteiger partial charge in [0, 0.05) is 12.6 Å². The molecule has 0 aliphatic heterocycles. The highest BCUT2D eigenvalue weighted by Crippen LogP contribution is 2.25. The van der Waals surface area contributed by atoms with E-state index in [1.54, 1.807) is 0 Å². The number of benzene rings is 1. The van der Waals surface area contributed by atoms with E-state index < -0.39 is 16.0 Å². The van der Waals surface area contributed by atoms with Crippen molar-refractivity contribution < 1.29 is 23.1 Å². The van der Waals surface area contributed by atoms with E-state index in [4.69, 9.17) is 9.84 Å². The van der Waals surface area contributed by atoms with Crippen LogP contribution in [0.3, 0.4) is 0 Å². The predicted molar refractivity (Wildman–Crippen MR) is 76.5 cm³/mol. The Labute approximate surface area is 124 Å². The summed E-state index contributed by atoms with van der Waals surface area (Å²) < 4.78 is 32.4. The van der Waals surface area contributed by atoms with Gasteiger partial charge in [-0.3, -0.25) is 4.79 Å². The summed E-state index contributed by atoms with van der Waals surface area (Å²) in [5.41, 5.74) is 0.571. The number of nitrogens with one attached hydrogen (secondary N) is 1. The van der Waals surface area contributed by atoms with Gasteiger partial charge in [-0.15, -0.1) is 0 Å². The first-order chi connectivity index (χ1) is 9.90. The average Bonchev–Trinajstić information content (AvgIpc) is 2.36. The fraction of sp³-hybridized carbons (Fsp3) is 0.500. The van der Waals surface area contributed by atoms with Gasteiger partial charge in [0.05, 0.1) is 17.4 Å². The summed E-state index contributed by atoms with van der Waals surface area (Å²) >= 11 is 0. The molecule has 1 aromatic carbocycles. The molecule has 0 heterocycles. The Morgan fingerprint density at radius 1 is 1.33 bits per heavy atom. The molecule has 0 radical (unpaired) electrons. The molecule has 1 aromatic rings. The van der Waals surface area contributed by atoms with Crippen LogP contribution in [0.2, 0.25) is 0 Å². The standard InChI is InChI=1S/C14H19NO5S/c1-2-20-12-8-11(9-12)15-21(18,19)13-5-3-10(4-6-13)7-14(16)17/h3-6,11-12,15H,2,7-9H2,1H3,(H,16,17). The number of carboxylic acid groups (broad SMARTS) is 1. The molecule has 2 rings (SSSR count). The van der Waals surface area contributed by atoms with Crippen molar-refractivity contribution in [2.75, 3.05) is 6.61 Å². The zero-order valence-electron chi connectivity index (χ0n) is 11.8. The second-order valence-corrected chi connectivity index (χ2v) is 6.80. The second-order valence-electron chi connectivity index (χ2n) is 5.08. The largest absolute Gasteiger partial charge is 0.481 e. The van der Waals surface area contributed by atoms with Crippen molar-refractivity contribution in [1.82, 2.24) is 4.72 Å². The molecule has 0 saturated heterocycles. The predicted octanol–water partition coefficient (Wildman–Crippen LogP) is 1.16.